The molecule has 0 amide bonds. The molecule has 6 heteroatoms. The highest BCUT2D eigenvalue weighted by atomic mass is 35.5. The van der Waals surface area contributed by atoms with E-state index in [0.29, 0.717) is 15.2 Å². The topological polar surface area (TPSA) is 36.4 Å². The molecule has 0 aromatic heterocycles. The Labute approximate surface area is 123 Å². The normalized spacial score (nSPS) is 9.78. The minimum atomic E-state index is 0.424. The average molecular weight is 304 g/mol. The van der Waals surface area contributed by atoms with Gasteiger partial charge in [0.05, 0.1) is 10.0 Å². The molecule has 2 N–H and O–H groups in total. The van der Waals surface area contributed by atoms with Crippen LogP contribution in [0.25, 0.3) is 0 Å². The Balaban J connectivity index is 2.59. The molecular weight excluding hydrogens is 289 g/mol. The second-order valence-corrected chi connectivity index (χ2v) is 4.80. The SMILES string of the molecule is CCC(CC)=NNC(=S)Nc1ccc(Cl)c(Cl)c1. The standard InChI is InChI=1S/C12H15Cl2N3S/c1-3-8(4-2)16-17-12(18)15-9-5-6-10(13)11(14)7-9/h5-7H,3-4H2,1-2H3,(H2,15,17,18). The molecule has 0 saturated carbocycles. The summed E-state index contributed by atoms with van der Waals surface area (Å²) < 4.78 is 0. The van der Waals surface area contributed by atoms with Crippen molar-refractivity contribution in [2.45, 2.75) is 26.7 Å². The highest BCUT2D eigenvalue weighted by Crippen LogP contribution is 2.24. The molecule has 1 aromatic carbocycles. The van der Waals surface area contributed by atoms with Crippen LogP contribution in [-0.4, -0.2) is 10.8 Å². The number of nitrogens with zero attached hydrogens (tertiary/aromatic N) is 1. The van der Waals surface area contributed by atoms with E-state index in [2.05, 4.69) is 29.7 Å². The van der Waals surface area contributed by atoms with E-state index in [-0.39, 0.29) is 0 Å². The van der Waals surface area contributed by atoms with Gasteiger partial charge in [0.2, 0.25) is 0 Å². The fraction of sp³-hybridized carbons (Fsp3) is 0.333. The fourth-order valence-electron chi connectivity index (χ4n) is 1.27. The first-order valence-corrected chi connectivity index (χ1v) is 6.80. The minimum absolute atomic E-state index is 0.424. The van der Waals surface area contributed by atoms with Crippen molar-refractivity contribution < 1.29 is 0 Å². The van der Waals surface area contributed by atoms with Gasteiger partial charge in [0.15, 0.2) is 5.11 Å². The number of rotatable bonds is 4. The molecule has 0 bridgehead atoms. The maximum Gasteiger partial charge on any atom is 0.191 e. The molecule has 0 unspecified atom stereocenters. The number of thiocarbonyl (C=S) groups is 1. The lowest BCUT2D eigenvalue weighted by atomic mass is 10.2. The van der Waals surface area contributed by atoms with E-state index in [0.717, 1.165) is 24.2 Å². The zero-order chi connectivity index (χ0) is 13.5. The Kier molecular flexibility index (Phi) is 6.39. The first kappa shape index (κ1) is 15.2. The van der Waals surface area contributed by atoms with Gasteiger partial charge < -0.3 is 5.32 Å². The van der Waals surface area contributed by atoms with E-state index in [1.54, 1.807) is 18.2 Å². The molecule has 3 nitrogen and oxygen atoms in total. The highest BCUT2D eigenvalue weighted by molar-refractivity contribution is 7.80. The van der Waals surface area contributed by atoms with Crippen LogP contribution in [0.4, 0.5) is 5.69 Å². The minimum Gasteiger partial charge on any atom is -0.331 e. The largest absolute Gasteiger partial charge is 0.331 e. The van der Waals surface area contributed by atoms with E-state index in [1.165, 1.54) is 0 Å². The summed E-state index contributed by atoms with van der Waals surface area (Å²) in [6.45, 7) is 4.11. The van der Waals surface area contributed by atoms with Crippen LogP contribution in [-0.2, 0) is 0 Å². The van der Waals surface area contributed by atoms with Crippen LogP contribution in [0.2, 0.25) is 10.0 Å². The van der Waals surface area contributed by atoms with Crippen molar-refractivity contribution in [3.8, 4) is 0 Å². The van der Waals surface area contributed by atoms with Crippen LogP contribution in [0.5, 0.6) is 0 Å². The molecule has 1 aromatic rings. The molecule has 0 fully saturated rings. The third-order valence-electron chi connectivity index (χ3n) is 2.31. The lowest BCUT2D eigenvalue weighted by Crippen LogP contribution is -2.25. The van der Waals surface area contributed by atoms with E-state index < -0.39 is 0 Å². The van der Waals surface area contributed by atoms with Gasteiger partial charge in [0, 0.05) is 11.4 Å². The summed E-state index contributed by atoms with van der Waals surface area (Å²) in [4.78, 5) is 0. The summed E-state index contributed by atoms with van der Waals surface area (Å²) in [6.07, 6.45) is 1.80. The molecule has 0 aliphatic rings. The first-order chi connectivity index (χ1) is 8.56. The molecule has 0 heterocycles. The molecular formula is C12H15Cl2N3S. The van der Waals surface area contributed by atoms with Crippen molar-refractivity contribution in [3.63, 3.8) is 0 Å². The van der Waals surface area contributed by atoms with Crippen molar-refractivity contribution in [2.75, 3.05) is 5.32 Å². The van der Waals surface area contributed by atoms with E-state index >= 15 is 0 Å². The summed E-state index contributed by atoms with van der Waals surface area (Å²) in [5, 5.41) is 8.60. The number of benzene rings is 1. The summed E-state index contributed by atoms with van der Waals surface area (Å²) >= 11 is 16.9. The quantitative estimate of drug-likeness (QED) is 0.490. The predicted molar refractivity (Wildman–Crippen MR) is 83.8 cm³/mol. The van der Waals surface area contributed by atoms with E-state index in [9.17, 15) is 0 Å². The van der Waals surface area contributed by atoms with Crippen LogP contribution in [0.15, 0.2) is 23.3 Å². The predicted octanol–water partition coefficient (Wildman–Crippen LogP) is 4.46. The number of hydrogen-bond acceptors (Lipinski definition) is 2. The molecule has 0 saturated heterocycles. The monoisotopic (exact) mass is 303 g/mol. The Morgan fingerprint density at radius 3 is 2.44 bits per heavy atom. The lowest BCUT2D eigenvalue weighted by molar-refractivity contribution is 0.992. The number of halogens is 2. The molecule has 0 spiro atoms. The first-order valence-electron chi connectivity index (χ1n) is 5.64. The van der Waals surface area contributed by atoms with Crippen LogP contribution in [0, 0.1) is 0 Å². The van der Waals surface area contributed by atoms with Crippen LogP contribution >= 0.6 is 35.4 Å². The smallest absolute Gasteiger partial charge is 0.191 e. The number of hydrogen-bond donors (Lipinski definition) is 2. The maximum absolute atomic E-state index is 5.91. The van der Waals surface area contributed by atoms with Gasteiger partial charge in [-0.3, -0.25) is 5.43 Å². The summed E-state index contributed by atoms with van der Waals surface area (Å²) in [6, 6.07) is 5.22. The van der Waals surface area contributed by atoms with Crippen molar-refractivity contribution in [1.29, 1.82) is 0 Å². The van der Waals surface area contributed by atoms with Crippen molar-refractivity contribution in [1.82, 2.24) is 5.43 Å². The Bertz CT molecular complexity index is 455. The zero-order valence-corrected chi connectivity index (χ0v) is 12.6. The van der Waals surface area contributed by atoms with E-state index in [4.69, 9.17) is 35.4 Å². The van der Waals surface area contributed by atoms with Gasteiger partial charge in [-0.05, 0) is 43.3 Å². The number of hydrazone groups is 1. The fourth-order valence-corrected chi connectivity index (χ4v) is 1.73. The van der Waals surface area contributed by atoms with Crippen molar-refractivity contribution >= 4 is 51.9 Å². The lowest BCUT2D eigenvalue weighted by Gasteiger charge is -2.09. The van der Waals surface area contributed by atoms with Gasteiger partial charge in [-0.2, -0.15) is 5.10 Å². The van der Waals surface area contributed by atoms with Gasteiger partial charge in [0.1, 0.15) is 0 Å². The van der Waals surface area contributed by atoms with Gasteiger partial charge in [-0.1, -0.05) is 37.0 Å². The average Bonchev–Trinajstić information content (AvgIpc) is 2.35. The van der Waals surface area contributed by atoms with Crippen LogP contribution in [0.1, 0.15) is 26.7 Å². The summed E-state index contributed by atoms with van der Waals surface area (Å²) in [5.74, 6) is 0. The third kappa shape index (κ3) is 4.80. The number of anilines is 1. The van der Waals surface area contributed by atoms with E-state index in [1.807, 2.05) is 0 Å². The molecule has 0 radical (unpaired) electrons. The molecule has 1 rings (SSSR count). The van der Waals surface area contributed by atoms with Gasteiger partial charge in [-0.25, -0.2) is 0 Å². The Morgan fingerprint density at radius 1 is 1.22 bits per heavy atom. The third-order valence-corrected chi connectivity index (χ3v) is 3.24. The molecule has 18 heavy (non-hydrogen) atoms. The van der Waals surface area contributed by atoms with Crippen molar-refractivity contribution in [3.05, 3.63) is 28.2 Å². The Hall–Kier alpha value is -0.840. The number of nitrogens with one attached hydrogen (secondary N) is 2. The van der Waals surface area contributed by atoms with Crippen LogP contribution < -0.4 is 10.7 Å². The molecule has 0 atom stereocenters. The maximum atomic E-state index is 5.91. The highest BCUT2D eigenvalue weighted by Gasteiger charge is 2.01. The summed E-state index contributed by atoms with van der Waals surface area (Å²) in [5.41, 5.74) is 4.63. The second kappa shape index (κ2) is 7.56. The van der Waals surface area contributed by atoms with Gasteiger partial charge in [-0.15, -0.1) is 0 Å². The summed E-state index contributed by atoms with van der Waals surface area (Å²) in [7, 11) is 0. The van der Waals surface area contributed by atoms with Gasteiger partial charge in [0.25, 0.3) is 0 Å². The molecule has 0 aliphatic heterocycles. The Morgan fingerprint density at radius 2 is 1.89 bits per heavy atom. The molecule has 0 aliphatic carbocycles. The van der Waals surface area contributed by atoms with Gasteiger partial charge >= 0.3 is 0 Å². The van der Waals surface area contributed by atoms with Crippen molar-refractivity contribution in [2.24, 2.45) is 5.10 Å². The van der Waals surface area contributed by atoms with Crippen LogP contribution in [0.3, 0.4) is 0 Å². The zero-order valence-electron chi connectivity index (χ0n) is 10.3. The second-order valence-electron chi connectivity index (χ2n) is 3.58. The molecule has 98 valence electrons.